The van der Waals surface area contributed by atoms with E-state index in [0.717, 1.165) is 19.1 Å². The van der Waals surface area contributed by atoms with E-state index in [9.17, 15) is 0 Å². The Morgan fingerprint density at radius 3 is 2.40 bits per heavy atom. The molecule has 2 fully saturated rings. The highest BCUT2D eigenvalue weighted by atomic mass is 16.5. The fraction of sp³-hybridized carbons (Fsp3) is 0.714. The lowest BCUT2D eigenvalue weighted by atomic mass is 9.56. The second-order valence-electron chi connectivity index (χ2n) is 5.51. The van der Waals surface area contributed by atoms with Crippen LogP contribution in [0, 0.1) is 11.3 Å². The molecule has 0 unspecified atom stereocenters. The van der Waals surface area contributed by atoms with Crippen LogP contribution in [-0.2, 0) is 4.74 Å². The van der Waals surface area contributed by atoms with Gasteiger partial charge in [0.1, 0.15) is 0 Å². The van der Waals surface area contributed by atoms with Crippen LogP contribution < -0.4 is 0 Å². The van der Waals surface area contributed by atoms with Crippen molar-refractivity contribution in [1.29, 1.82) is 0 Å². The van der Waals surface area contributed by atoms with E-state index in [1.165, 1.54) is 36.8 Å². The third-order valence-electron chi connectivity index (χ3n) is 3.91. The van der Waals surface area contributed by atoms with E-state index in [1.807, 2.05) is 0 Å². The van der Waals surface area contributed by atoms with Gasteiger partial charge in [-0.2, -0.15) is 0 Å². The first-order chi connectivity index (χ1) is 7.11. The van der Waals surface area contributed by atoms with Crippen LogP contribution in [0.4, 0.5) is 0 Å². The predicted octanol–water partition coefficient (Wildman–Crippen LogP) is 3.72. The largest absolute Gasteiger partial charge is 0.381 e. The van der Waals surface area contributed by atoms with Gasteiger partial charge in [0.15, 0.2) is 0 Å². The van der Waals surface area contributed by atoms with Gasteiger partial charge in [0, 0.05) is 13.2 Å². The molecule has 1 saturated heterocycles. The molecule has 1 heterocycles. The van der Waals surface area contributed by atoms with Gasteiger partial charge in [0.25, 0.3) is 0 Å². The number of hydrogen-bond donors (Lipinski definition) is 0. The summed E-state index contributed by atoms with van der Waals surface area (Å²) in [5.74, 6) is 0.748. The Morgan fingerprint density at radius 1 is 1.27 bits per heavy atom. The van der Waals surface area contributed by atoms with Crippen LogP contribution in [0.25, 0.3) is 0 Å². The highest BCUT2D eigenvalue weighted by Crippen LogP contribution is 2.54. The number of rotatable bonds is 2. The van der Waals surface area contributed by atoms with Crippen molar-refractivity contribution in [2.24, 2.45) is 11.3 Å². The van der Waals surface area contributed by atoms with Crippen LogP contribution in [0.3, 0.4) is 0 Å². The second kappa shape index (κ2) is 4.13. The molecule has 1 nitrogen and oxygen atoms in total. The Labute approximate surface area is 93.2 Å². The maximum Gasteiger partial charge on any atom is 0.0471 e. The van der Waals surface area contributed by atoms with Gasteiger partial charge >= 0.3 is 0 Å². The summed E-state index contributed by atoms with van der Waals surface area (Å²) in [5.41, 5.74) is 3.33. The molecule has 1 aliphatic carbocycles. The minimum atomic E-state index is 0.626. The van der Waals surface area contributed by atoms with Gasteiger partial charge < -0.3 is 4.74 Å². The van der Waals surface area contributed by atoms with Crippen molar-refractivity contribution < 1.29 is 4.74 Å². The van der Waals surface area contributed by atoms with Gasteiger partial charge in [-0.1, -0.05) is 23.8 Å². The normalized spacial score (nSPS) is 24.7. The van der Waals surface area contributed by atoms with Crippen LogP contribution in [0.1, 0.15) is 39.5 Å². The summed E-state index contributed by atoms with van der Waals surface area (Å²) in [4.78, 5) is 0. The average Bonchev–Trinajstić information content (AvgIpc) is 2.14. The molecule has 0 radical (unpaired) electrons. The topological polar surface area (TPSA) is 9.23 Å². The first-order valence-electron chi connectivity index (χ1n) is 6.03. The first-order valence-corrected chi connectivity index (χ1v) is 6.03. The van der Waals surface area contributed by atoms with Crippen LogP contribution >= 0.6 is 0 Å². The molecule has 0 amide bonds. The molecule has 0 atom stereocenters. The molecule has 84 valence electrons. The van der Waals surface area contributed by atoms with Crippen LogP contribution in [0.5, 0.6) is 0 Å². The third kappa shape index (κ3) is 2.34. The molecule has 0 bridgehead atoms. The van der Waals surface area contributed by atoms with Gasteiger partial charge in [0.2, 0.25) is 0 Å². The molecule has 2 aliphatic rings. The van der Waals surface area contributed by atoms with Crippen LogP contribution in [-0.4, -0.2) is 13.2 Å². The van der Waals surface area contributed by atoms with Crippen molar-refractivity contribution >= 4 is 0 Å². The Kier molecular flexibility index (Phi) is 3.01. The fourth-order valence-corrected chi connectivity index (χ4v) is 2.95. The van der Waals surface area contributed by atoms with E-state index in [-0.39, 0.29) is 0 Å². The zero-order valence-corrected chi connectivity index (χ0v) is 10.0. The molecular weight excluding hydrogens is 184 g/mol. The summed E-state index contributed by atoms with van der Waals surface area (Å²) >= 11 is 0. The molecule has 2 rings (SSSR count). The molecule has 0 aromatic rings. The van der Waals surface area contributed by atoms with E-state index in [4.69, 9.17) is 4.74 Å². The summed E-state index contributed by atoms with van der Waals surface area (Å²) in [5, 5.41) is 0. The minimum Gasteiger partial charge on any atom is -0.381 e. The Balaban J connectivity index is 1.86. The zero-order valence-electron chi connectivity index (χ0n) is 10.0. The lowest BCUT2D eigenvalue weighted by Crippen LogP contribution is -2.42. The van der Waals surface area contributed by atoms with Crippen LogP contribution in [0.15, 0.2) is 23.8 Å². The van der Waals surface area contributed by atoms with Gasteiger partial charge in [-0.05, 0) is 50.9 Å². The summed E-state index contributed by atoms with van der Waals surface area (Å²) in [6, 6.07) is 0. The van der Waals surface area contributed by atoms with Gasteiger partial charge in [0.05, 0.1) is 0 Å². The minimum absolute atomic E-state index is 0.626. The number of allylic oxidation sites excluding steroid dienone is 3. The molecule has 1 spiro atoms. The highest BCUT2D eigenvalue weighted by molar-refractivity contribution is 5.24. The van der Waals surface area contributed by atoms with E-state index in [0.29, 0.717) is 5.41 Å². The van der Waals surface area contributed by atoms with Gasteiger partial charge in [-0.15, -0.1) is 0 Å². The Hall–Kier alpha value is -0.560. The van der Waals surface area contributed by atoms with Crippen molar-refractivity contribution in [3.63, 3.8) is 0 Å². The molecule has 0 aromatic heterocycles. The first kappa shape index (κ1) is 10.9. The van der Waals surface area contributed by atoms with E-state index >= 15 is 0 Å². The Morgan fingerprint density at radius 2 is 1.87 bits per heavy atom. The number of ether oxygens (including phenoxy) is 1. The monoisotopic (exact) mass is 206 g/mol. The quantitative estimate of drug-likeness (QED) is 0.626. The van der Waals surface area contributed by atoms with Crippen LogP contribution in [0.2, 0.25) is 0 Å². The van der Waals surface area contributed by atoms with E-state index < -0.39 is 0 Å². The fourth-order valence-electron chi connectivity index (χ4n) is 2.95. The Bertz CT molecular complexity index is 270. The number of hydrogen-bond acceptors (Lipinski definition) is 1. The summed E-state index contributed by atoms with van der Waals surface area (Å²) in [6.45, 7) is 10.4. The molecule has 1 heteroatoms. The van der Waals surface area contributed by atoms with Crippen molar-refractivity contribution in [3.05, 3.63) is 23.8 Å². The van der Waals surface area contributed by atoms with Gasteiger partial charge in [-0.3, -0.25) is 0 Å². The average molecular weight is 206 g/mol. The molecule has 0 aromatic carbocycles. The maximum absolute atomic E-state index is 5.43. The molecule has 1 saturated carbocycles. The zero-order chi connectivity index (χ0) is 10.9. The van der Waals surface area contributed by atoms with Gasteiger partial charge in [-0.25, -0.2) is 0 Å². The van der Waals surface area contributed by atoms with E-state index in [1.54, 1.807) is 0 Å². The van der Waals surface area contributed by atoms with Crippen molar-refractivity contribution in [3.8, 4) is 0 Å². The second-order valence-corrected chi connectivity index (χ2v) is 5.51. The van der Waals surface area contributed by atoms with Crippen molar-refractivity contribution in [1.82, 2.24) is 0 Å². The standard InChI is InChI=1S/C14H22O/c1-11(2)8-12(3)13-9-14(10-13)4-6-15-7-5-14/h8,13H,3-7,9-10H2,1-2H3. The van der Waals surface area contributed by atoms with Crippen molar-refractivity contribution in [2.45, 2.75) is 39.5 Å². The smallest absolute Gasteiger partial charge is 0.0471 e. The SMILES string of the molecule is C=C(C=C(C)C)C1CC2(CCOCC2)C1. The summed E-state index contributed by atoms with van der Waals surface area (Å²) in [6.07, 6.45) is 7.48. The van der Waals surface area contributed by atoms with E-state index in [2.05, 4.69) is 26.5 Å². The molecule has 15 heavy (non-hydrogen) atoms. The lowest BCUT2D eigenvalue weighted by Gasteiger charge is -2.50. The lowest BCUT2D eigenvalue weighted by molar-refractivity contribution is -0.0489. The molecular formula is C14H22O. The summed E-state index contributed by atoms with van der Waals surface area (Å²) < 4.78 is 5.43. The van der Waals surface area contributed by atoms with Crippen molar-refractivity contribution in [2.75, 3.05) is 13.2 Å². The maximum atomic E-state index is 5.43. The summed E-state index contributed by atoms with van der Waals surface area (Å²) in [7, 11) is 0. The predicted molar refractivity (Wildman–Crippen MR) is 63.8 cm³/mol. The molecule has 1 aliphatic heterocycles. The third-order valence-corrected chi connectivity index (χ3v) is 3.91. The molecule has 0 N–H and O–H groups in total. The highest BCUT2D eigenvalue weighted by Gasteiger charge is 2.45.